The van der Waals surface area contributed by atoms with Crippen molar-refractivity contribution >= 4 is 5.97 Å². The number of ether oxygens (including phenoxy) is 1. The summed E-state index contributed by atoms with van der Waals surface area (Å²) in [6.07, 6.45) is 24.7. The summed E-state index contributed by atoms with van der Waals surface area (Å²) < 4.78 is 6.21. The minimum absolute atomic E-state index is 0.0338. The third kappa shape index (κ3) is 15.6. The Labute approximate surface area is 168 Å². The van der Waals surface area contributed by atoms with Gasteiger partial charge in [0, 0.05) is 12.8 Å². The van der Waals surface area contributed by atoms with Gasteiger partial charge in [-0.2, -0.15) is 0 Å². The van der Waals surface area contributed by atoms with Crippen molar-refractivity contribution < 1.29 is 14.0 Å². The number of allylic oxidation sites excluding steroid dienone is 4. The molecule has 0 amide bonds. The van der Waals surface area contributed by atoms with Crippen LogP contribution in [-0.2, 0) is 9.53 Å². The molecule has 1 atom stereocenters. The van der Waals surface area contributed by atoms with Crippen molar-refractivity contribution in [2.75, 3.05) is 34.3 Å². The molecule has 0 fully saturated rings. The molecule has 156 valence electrons. The quantitative estimate of drug-likeness (QED) is 0.141. The molecule has 0 aliphatic heterocycles. The molecule has 0 aromatic heterocycles. The van der Waals surface area contributed by atoms with E-state index < -0.39 is 0 Å². The Morgan fingerprint density at radius 1 is 1.00 bits per heavy atom. The molecule has 0 saturated carbocycles. The van der Waals surface area contributed by atoms with E-state index in [-0.39, 0.29) is 5.97 Å². The Kier molecular flexibility index (Phi) is 13.2. The molecule has 0 heterocycles. The molecular formula is C24H44NO2+. The highest BCUT2D eigenvalue weighted by molar-refractivity contribution is 5.69. The summed E-state index contributed by atoms with van der Waals surface area (Å²) >= 11 is 0. The van der Waals surface area contributed by atoms with Gasteiger partial charge in [-0.25, -0.2) is 0 Å². The van der Waals surface area contributed by atoms with Gasteiger partial charge in [-0.3, -0.25) is 4.79 Å². The van der Waals surface area contributed by atoms with E-state index in [1.165, 1.54) is 51.4 Å². The fourth-order valence-electron chi connectivity index (χ4n) is 3.52. The highest BCUT2D eigenvalue weighted by Crippen LogP contribution is 2.23. The average Bonchev–Trinajstić information content (AvgIpc) is 3.12. The van der Waals surface area contributed by atoms with Gasteiger partial charge in [0.15, 0.2) is 0 Å². The molecule has 0 saturated heterocycles. The van der Waals surface area contributed by atoms with Crippen LogP contribution in [0.15, 0.2) is 24.3 Å². The van der Waals surface area contributed by atoms with Crippen LogP contribution in [0.2, 0.25) is 0 Å². The van der Waals surface area contributed by atoms with Crippen LogP contribution in [0.1, 0.15) is 83.5 Å². The maximum absolute atomic E-state index is 11.7. The van der Waals surface area contributed by atoms with Gasteiger partial charge in [-0.1, -0.05) is 43.6 Å². The van der Waals surface area contributed by atoms with Crippen LogP contribution in [0, 0.1) is 5.92 Å². The van der Waals surface area contributed by atoms with Crippen LogP contribution in [0.5, 0.6) is 0 Å². The molecular weight excluding hydrogens is 334 g/mol. The number of rotatable bonds is 16. The molecule has 1 aliphatic rings. The topological polar surface area (TPSA) is 26.3 Å². The molecule has 1 rings (SSSR count). The molecule has 3 heteroatoms. The highest BCUT2D eigenvalue weighted by atomic mass is 16.5. The lowest BCUT2D eigenvalue weighted by molar-refractivity contribution is -0.870. The van der Waals surface area contributed by atoms with Crippen LogP contribution in [0.3, 0.4) is 0 Å². The van der Waals surface area contributed by atoms with Gasteiger partial charge in [-0.15, -0.1) is 0 Å². The number of hydrogen-bond acceptors (Lipinski definition) is 2. The average molecular weight is 379 g/mol. The van der Waals surface area contributed by atoms with E-state index in [0.717, 1.165) is 42.6 Å². The first kappa shape index (κ1) is 23.9. The first-order chi connectivity index (χ1) is 13.0. The SMILES string of the molecule is C[N+](C)(C)CCCOC(=O)CCCC/C=C/CCCCCC[C@H]1C=CCC1. The van der Waals surface area contributed by atoms with Gasteiger partial charge in [0.1, 0.15) is 0 Å². The Morgan fingerprint density at radius 2 is 1.70 bits per heavy atom. The monoisotopic (exact) mass is 378 g/mol. The van der Waals surface area contributed by atoms with E-state index in [1.807, 2.05) is 0 Å². The third-order valence-electron chi connectivity index (χ3n) is 5.21. The predicted octanol–water partition coefficient (Wildman–Crippen LogP) is 6.05. The maximum atomic E-state index is 11.7. The summed E-state index contributed by atoms with van der Waals surface area (Å²) in [7, 11) is 6.47. The van der Waals surface area contributed by atoms with Crippen LogP contribution in [0.4, 0.5) is 0 Å². The molecule has 0 radical (unpaired) electrons. The number of unbranched alkanes of at least 4 members (excludes halogenated alkanes) is 6. The van der Waals surface area contributed by atoms with Crippen molar-refractivity contribution in [2.45, 2.75) is 83.5 Å². The van der Waals surface area contributed by atoms with Crippen molar-refractivity contribution in [3.63, 3.8) is 0 Å². The zero-order chi connectivity index (χ0) is 19.8. The van der Waals surface area contributed by atoms with E-state index in [1.54, 1.807) is 0 Å². The van der Waals surface area contributed by atoms with Crippen LogP contribution in [0.25, 0.3) is 0 Å². The van der Waals surface area contributed by atoms with E-state index in [2.05, 4.69) is 45.4 Å². The second kappa shape index (κ2) is 14.9. The lowest BCUT2D eigenvalue weighted by Gasteiger charge is -2.23. The summed E-state index contributed by atoms with van der Waals surface area (Å²) in [5.41, 5.74) is 0. The Hall–Kier alpha value is -1.09. The zero-order valence-corrected chi connectivity index (χ0v) is 18.3. The van der Waals surface area contributed by atoms with Crippen molar-refractivity contribution in [3.8, 4) is 0 Å². The summed E-state index contributed by atoms with van der Waals surface area (Å²) in [6, 6.07) is 0. The van der Waals surface area contributed by atoms with Gasteiger partial charge in [0.25, 0.3) is 0 Å². The largest absolute Gasteiger partial charge is 0.465 e. The molecule has 0 unspecified atom stereocenters. The summed E-state index contributed by atoms with van der Waals surface area (Å²) in [6.45, 7) is 1.60. The number of esters is 1. The molecule has 27 heavy (non-hydrogen) atoms. The van der Waals surface area contributed by atoms with Crippen molar-refractivity contribution in [1.82, 2.24) is 0 Å². The normalized spacial score (nSPS) is 17.1. The summed E-state index contributed by atoms with van der Waals surface area (Å²) in [5.74, 6) is 0.846. The standard InChI is InChI=1S/C24H44NO2/c1-25(2,3)21-16-22-27-24(26)20-13-11-9-7-5-4-6-8-10-12-17-23-18-14-15-19-23/h5,7,14,18,23H,4,6,8-13,15-17,19-22H2,1-3H3/q+1/b7-5+/t23-/m0/s1. The number of carbonyl (C=O) groups is 1. The first-order valence-corrected chi connectivity index (χ1v) is 11.2. The molecule has 0 spiro atoms. The summed E-state index contributed by atoms with van der Waals surface area (Å²) in [4.78, 5) is 11.7. The van der Waals surface area contributed by atoms with E-state index in [4.69, 9.17) is 4.74 Å². The molecule has 0 aromatic rings. The fraction of sp³-hybridized carbons (Fsp3) is 0.792. The number of carbonyl (C=O) groups excluding carboxylic acids is 1. The van der Waals surface area contributed by atoms with Gasteiger partial charge in [-0.05, 0) is 57.3 Å². The Morgan fingerprint density at radius 3 is 2.37 bits per heavy atom. The van der Waals surface area contributed by atoms with E-state index in [0.29, 0.717) is 13.0 Å². The minimum atomic E-state index is -0.0338. The molecule has 0 N–H and O–H groups in total. The Balaban J connectivity index is 1.80. The lowest BCUT2D eigenvalue weighted by Crippen LogP contribution is -2.35. The second-order valence-corrected chi connectivity index (χ2v) is 9.06. The predicted molar refractivity (Wildman–Crippen MR) is 116 cm³/mol. The fourth-order valence-corrected chi connectivity index (χ4v) is 3.52. The summed E-state index contributed by atoms with van der Waals surface area (Å²) in [5, 5.41) is 0. The molecule has 1 aliphatic carbocycles. The number of hydrogen-bond donors (Lipinski definition) is 0. The van der Waals surface area contributed by atoms with Crippen LogP contribution in [-0.4, -0.2) is 44.7 Å². The van der Waals surface area contributed by atoms with Crippen molar-refractivity contribution in [1.29, 1.82) is 0 Å². The molecule has 0 aromatic carbocycles. The van der Waals surface area contributed by atoms with Gasteiger partial charge >= 0.3 is 5.97 Å². The van der Waals surface area contributed by atoms with Gasteiger partial charge < -0.3 is 9.22 Å². The van der Waals surface area contributed by atoms with Crippen LogP contribution >= 0.6 is 0 Å². The first-order valence-electron chi connectivity index (χ1n) is 11.2. The van der Waals surface area contributed by atoms with Crippen molar-refractivity contribution in [2.24, 2.45) is 5.92 Å². The number of nitrogens with zero attached hydrogens (tertiary/aromatic N) is 1. The molecule has 3 nitrogen and oxygen atoms in total. The smallest absolute Gasteiger partial charge is 0.305 e. The third-order valence-corrected chi connectivity index (χ3v) is 5.21. The Bertz CT molecular complexity index is 434. The van der Waals surface area contributed by atoms with Crippen molar-refractivity contribution in [3.05, 3.63) is 24.3 Å². The second-order valence-electron chi connectivity index (χ2n) is 9.06. The zero-order valence-electron chi connectivity index (χ0n) is 18.3. The minimum Gasteiger partial charge on any atom is -0.465 e. The van der Waals surface area contributed by atoms with Gasteiger partial charge in [0.05, 0.1) is 34.3 Å². The highest BCUT2D eigenvalue weighted by Gasteiger charge is 2.08. The maximum Gasteiger partial charge on any atom is 0.305 e. The van der Waals surface area contributed by atoms with E-state index >= 15 is 0 Å². The number of quaternary nitrogens is 1. The van der Waals surface area contributed by atoms with E-state index in [9.17, 15) is 4.79 Å². The lowest BCUT2D eigenvalue weighted by atomic mass is 10.00. The van der Waals surface area contributed by atoms with Crippen LogP contribution < -0.4 is 0 Å². The van der Waals surface area contributed by atoms with Gasteiger partial charge in [0.2, 0.25) is 0 Å². The molecule has 0 bridgehead atoms.